The first kappa shape index (κ1) is 21.6. The van der Waals surface area contributed by atoms with E-state index in [9.17, 15) is 9.90 Å². The van der Waals surface area contributed by atoms with Crippen LogP contribution >= 0.6 is 0 Å². The molecular weight excluding hydrogens is 472 g/mol. The molecule has 1 aliphatic heterocycles. The van der Waals surface area contributed by atoms with Crippen molar-refractivity contribution in [1.29, 1.82) is 0 Å². The lowest BCUT2D eigenvalue weighted by molar-refractivity contribution is 0.127. The molecule has 0 unspecified atom stereocenters. The van der Waals surface area contributed by atoms with E-state index in [0.717, 1.165) is 46.8 Å². The summed E-state index contributed by atoms with van der Waals surface area (Å²) in [6.07, 6.45) is 7.73. The summed E-state index contributed by atoms with van der Waals surface area (Å²) in [6, 6.07) is 11.8. The van der Waals surface area contributed by atoms with E-state index in [2.05, 4.69) is 31.5 Å². The number of fused-ring (bicyclic) bond motifs is 4. The molecule has 1 amide bonds. The van der Waals surface area contributed by atoms with Crippen LogP contribution < -0.4 is 10.1 Å². The maximum absolute atomic E-state index is 11.5. The Labute approximate surface area is 211 Å². The molecule has 2 N–H and O–H groups in total. The summed E-state index contributed by atoms with van der Waals surface area (Å²) in [5.74, 6) is 2.76. The largest absolute Gasteiger partial charge is 0.465 e. The average Bonchev–Trinajstić information content (AvgIpc) is 3.68. The molecule has 1 saturated heterocycles. The van der Waals surface area contributed by atoms with E-state index in [1.165, 1.54) is 18.2 Å². The lowest BCUT2D eigenvalue weighted by atomic mass is 9.88. The van der Waals surface area contributed by atoms with Gasteiger partial charge in [0.2, 0.25) is 0 Å². The van der Waals surface area contributed by atoms with Gasteiger partial charge in [-0.2, -0.15) is 10.2 Å². The van der Waals surface area contributed by atoms with Gasteiger partial charge in [0.15, 0.2) is 11.5 Å². The van der Waals surface area contributed by atoms with Crippen molar-refractivity contribution >= 4 is 28.8 Å². The van der Waals surface area contributed by atoms with Gasteiger partial charge in [-0.3, -0.25) is 0 Å². The predicted molar refractivity (Wildman–Crippen MR) is 134 cm³/mol. The zero-order valence-electron chi connectivity index (χ0n) is 20.0. The SMILES string of the molecule is Cc1cc(Nc2ncnn3ccc([C@H]4C[C@H]5C[C@@H]4CN5C(=O)O)c23)ccc1Oc1ccn2ncnc2c1. The molecule has 4 aromatic heterocycles. The van der Waals surface area contributed by atoms with Crippen LogP contribution in [0.3, 0.4) is 0 Å². The molecule has 0 radical (unpaired) electrons. The highest BCUT2D eigenvalue weighted by Crippen LogP contribution is 2.49. The molecule has 5 aromatic rings. The Hall–Kier alpha value is -4.67. The number of ether oxygens (including phenoxy) is 1. The summed E-state index contributed by atoms with van der Waals surface area (Å²) in [6.45, 7) is 2.58. The monoisotopic (exact) mass is 496 g/mol. The minimum atomic E-state index is -0.819. The molecule has 2 aliphatic rings. The van der Waals surface area contributed by atoms with Gasteiger partial charge in [-0.25, -0.2) is 23.8 Å². The van der Waals surface area contributed by atoms with Crippen LogP contribution in [-0.2, 0) is 0 Å². The summed E-state index contributed by atoms with van der Waals surface area (Å²) in [4.78, 5) is 21.9. The lowest BCUT2D eigenvalue weighted by Gasteiger charge is -2.29. The summed E-state index contributed by atoms with van der Waals surface area (Å²) in [7, 11) is 0. The van der Waals surface area contributed by atoms with Crippen molar-refractivity contribution in [3.63, 3.8) is 0 Å². The molecule has 2 fully saturated rings. The van der Waals surface area contributed by atoms with Gasteiger partial charge in [0, 0.05) is 36.7 Å². The summed E-state index contributed by atoms with van der Waals surface area (Å²) >= 11 is 0. The van der Waals surface area contributed by atoms with Gasteiger partial charge < -0.3 is 20.1 Å². The fourth-order valence-corrected chi connectivity index (χ4v) is 5.90. The quantitative estimate of drug-likeness (QED) is 0.365. The first-order valence-corrected chi connectivity index (χ1v) is 12.2. The molecule has 1 saturated carbocycles. The van der Waals surface area contributed by atoms with E-state index in [1.54, 1.807) is 9.42 Å². The lowest BCUT2D eigenvalue weighted by Crippen LogP contribution is -2.38. The molecule has 11 heteroatoms. The van der Waals surface area contributed by atoms with Gasteiger partial charge in [-0.15, -0.1) is 0 Å². The summed E-state index contributed by atoms with van der Waals surface area (Å²) in [5, 5.41) is 21.5. The number of rotatable bonds is 5. The highest BCUT2D eigenvalue weighted by Gasteiger charge is 2.47. The molecule has 37 heavy (non-hydrogen) atoms. The minimum Gasteiger partial charge on any atom is -0.465 e. The number of pyridine rings is 1. The van der Waals surface area contributed by atoms with Crippen LogP contribution in [-0.4, -0.2) is 57.9 Å². The second kappa shape index (κ2) is 8.19. The molecule has 11 nitrogen and oxygen atoms in total. The van der Waals surface area contributed by atoms with Crippen LogP contribution in [0.4, 0.5) is 16.3 Å². The van der Waals surface area contributed by atoms with E-state index in [4.69, 9.17) is 4.74 Å². The van der Waals surface area contributed by atoms with Crippen molar-refractivity contribution in [3.05, 3.63) is 72.6 Å². The van der Waals surface area contributed by atoms with Crippen LogP contribution in [0.5, 0.6) is 11.5 Å². The zero-order valence-corrected chi connectivity index (χ0v) is 20.0. The number of carboxylic acid groups (broad SMARTS) is 1. The van der Waals surface area contributed by atoms with Crippen molar-refractivity contribution < 1.29 is 14.6 Å². The third-order valence-corrected chi connectivity index (χ3v) is 7.59. The number of aromatic nitrogens is 6. The van der Waals surface area contributed by atoms with Crippen LogP contribution in [0.15, 0.2) is 61.4 Å². The smallest absolute Gasteiger partial charge is 0.407 e. The minimum absolute atomic E-state index is 0.0872. The number of nitrogens with zero attached hydrogens (tertiary/aromatic N) is 7. The number of nitrogens with one attached hydrogen (secondary N) is 1. The molecule has 5 heterocycles. The fraction of sp³-hybridized carbons (Fsp3) is 0.269. The average molecular weight is 497 g/mol. The predicted octanol–water partition coefficient (Wildman–Crippen LogP) is 4.47. The van der Waals surface area contributed by atoms with E-state index in [-0.39, 0.29) is 12.0 Å². The number of likely N-dealkylation sites (tertiary alicyclic amines) is 1. The first-order valence-electron chi connectivity index (χ1n) is 12.2. The number of amides is 1. The number of aryl methyl sites for hydroxylation is 1. The zero-order chi connectivity index (χ0) is 25.1. The van der Waals surface area contributed by atoms with Crippen molar-refractivity contribution in [2.75, 3.05) is 11.9 Å². The van der Waals surface area contributed by atoms with E-state index < -0.39 is 6.09 Å². The van der Waals surface area contributed by atoms with Crippen LogP contribution in [0.25, 0.3) is 11.2 Å². The van der Waals surface area contributed by atoms with E-state index >= 15 is 0 Å². The molecule has 0 spiro atoms. The normalized spacial score (nSPS) is 20.7. The highest BCUT2D eigenvalue weighted by molar-refractivity contribution is 5.78. The maximum Gasteiger partial charge on any atom is 0.407 e. The fourth-order valence-electron chi connectivity index (χ4n) is 5.90. The standard InChI is InChI=1S/C26H24N8O3/c1-15-8-17(2-3-22(15)37-19-4-6-33-23(11-19)27-13-29-33)31-25-24-20(5-7-34(24)30-14-28-25)21-10-18-9-16(21)12-32(18)26(35)36/h2-8,11,13-14,16,18,21H,9-10,12H2,1H3,(H,35,36)(H,28,30,31)/t16-,18-,21+/m1/s1. The number of hydrogen-bond donors (Lipinski definition) is 2. The molecule has 1 aliphatic carbocycles. The number of benzene rings is 1. The number of piperidine rings is 1. The van der Waals surface area contributed by atoms with Crippen LogP contribution in [0.1, 0.15) is 29.9 Å². The van der Waals surface area contributed by atoms with Gasteiger partial charge >= 0.3 is 6.09 Å². The molecular formula is C26H24N8O3. The van der Waals surface area contributed by atoms with E-state index in [0.29, 0.717) is 18.2 Å². The molecule has 186 valence electrons. The van der Waals surface area contributed by atoms with Gasteiger partial charge in [0.25, 0.3) is 0 Å². The Bertz CT molecular complexity index is 1660. The first-order chi connectivity index (χ1) is 18.0. The Morgan fingerprint density at radius 1 is 1.05 bits per heavy atom. The molecule has 1 aromatic carbocycles. The second-order valence-electron chi connectivity index (χ2n) is 9.73. The van der Waals surface area contributed by atoms with E-state index in [1.807, 2.05) is 54.2 Å². The number of carbonyl (C=O) groups is 1. The van der Waals surface area contributed by atoms with Crippen molar-refractivity contribution in [3.8, 4) is 11.5 Å². The van der Waals surface area contributed by atoms with Crippen molar-refractivity contribution in [2.45, 2.75) is 31.7 Å². The summed E-state index contributed by atoms with van der Waals surface area (Å²) < 4.78 is 9.63. The number of hydrogen-bond acceptors (Lipinski definition) is 7. The van der Waals surface area contributed by atoms with Crippen molar-refractivity contribution in [1.82, 2.24) is 34.1 Å². The Morgan fingerprint density at radius 2 is 1.89 bits per heavy atom. The third kappa shape index (κ3) is 3.62. The Kier molecular flexibility index (Phi) is 4.78. The highest BCUT2D eigenvalue weighted by atomic mass is 16.5. The molecule has 7 rings (SSSR count). The van der Waals surface area contributed by atoms with Gasteiger partial charge in [0.05, 0.1) is 0 Å². The Balaban J connectivity index is 1.15. The van der Waals surface area contributed by atoms with Crippen LogP contribution in [0, 0.1) is 12.8 Å². The second-order valence-corrected chi connectivity index (χ2v) is 9.73. The number of anilines is 2. The topological polar surface area (TPSA) is 122 Å². The van der Waals surface area contributed by atoms with Gasteiger partial charge in [0.1, 0.15) is 29.7 Å². The van der Waals surface area contributed by atoms with Gasteiger partial charge in [-0.1, -0.05) is 0 Å². The molecule has 2 bridgehead atoms. The van der Waals surface area contributed by atoms with Gasteiger partial charge in [-0.05, 0) is 73.1 Å². The summed E-state index contributed by atoms with van der Waals surface area (Å²) in [5.41, 5.74) is 4.67. The molecule has 3 atom stereocenters. The van der Waals surface area contributed by atoms with Crippen LogP contribution in [0.2, 0.25) is 0 Å². The Morgan fingerprint density at radius 3 is 2.70 bits per heavy atom. The van der Waals surface area contributed by atoms with Crippen molar-refractivity contribution in [2.24, 2.45) is 5.92 Å². The maximum atomic E-state index is 11.5. The third-order valence-electron chi connectivity index (χ3n) is 7.59.